The van der Waals surface area contributed by atoms with Crippen LogP contribution in [-0.4, -0.2) is 39.2 Å². The number of hydrogen-bond acceptors (Lipinski definition) is 4. The van der Waals surface area contributed by atoms with E-state index in [4.69, 9.17) is 0 Å². The minimum Gasteiger partial charge on any atom is -0.321 e. The zero-order valence-electron chi connectivity index (χ0n) is 17.4. The molecule has 33 heavy (non-hydrogen) atoms. The molecule has 1 aromatic carbocycles. The van der Waals surface area contributed by atoms with E-state index in [0.29, 0.717) is 27.4 Å². The number of carbonyl (C=O) groups excluding carboxylic acids is 2. The summed E-state index contributed by atoms with van der Waals surface area (Å²) < 4.78 is 41.8. The summed E-state index contributed by atoms with van der Waals surface area (Å²) in [7, 11) is 0. The van der Waals surface area contributed by atoms with Gasteiger partial charge in [-0.3, -0.25) is 14.6 Å². The van der Waals surface area contributed by atoms with Crippen LogP contribution in [-0.2, 0) is 4.79 Å². The van der Waals surface area contributed by atoms with Crippen molar-refractivity contribution in [3.8, 4) is 11.3 Å². The molecule has 10 heteroatoms. The quantitative estimate of drug-likeness (QED) is 0.469. The van der Waals surface area contributed by atoms with E-state index in [9.17, 15) is 22.8 Å². The van der Waals surface area contributed by atoms with Crippen LogP contribution in [0.5, 0.6) is 0 Å². The van der Waals surface area contributed by atoms with Gasteiger partial charge in [-0.25, -0.2) is 18.2 Å². The Balaban J connectivity index is 1.50. The van der Waals surface area contributed by atoms with Crippen LogP contribution in [0.4, 0.5) is 24.5 Å². The molecule has 7 nitrogen and oxygen atoms in total. The summed E-state index contributed by atoms with van der Waals surface area (Å²) in [5.74, 6) is -1.90. The predicted octanol–water partition coefficient (Wildman–Crippen LogP) is 4.41. The highest BCUT2D eigenvalue weighted by atomic mass is 19.3. The Kier molecular flexibility index (Phi) is 6.07. The Bertz CT molecular complexity index is 1320. The SMILES string of the molecule is CC(=O)N(CC(F)F)c1ccc(-c2ccc(C(=O)Nc3ccc4nccn4c3)cn2)cc1F. The van der Waals surface area contributed by atoms with Crippen LogP contribution in [0.3, 0.4) is 0 Å². The van der Waals surface area contributed by atoms with Gasteiger partial charge in [0.1, 0.15) is 11.5 Å². The molecule has 4 rings (SSSR count). The number of rotatable bonds is 6. The first-order chi connectivity index (χ1) is 15.8. The minimum absolute atomic E-state index is 0.239. The summed E-state index contributed by atoms with van der Waals surface area (Å²) in [5, 5.41) is 2.77. The van der Waals surface area contributed by atoms with E-state index in [0.717, 1.165) is 18.6 Å². The van der Waals surface area contributed by atoms with Crippen LogP contribution in [0.15, 0.2) is 67.3 Å². The molecule has 0 saturated heterocycles. The van der Waals surface area contributed by atoms with Gasteiger partial charge in [0.05, 0.1) is 29.2 Å². The number of carbonyl (C=O) groups is 2. The molecule has 2 amide bonds. The summed E-state index contributed by atoms with van der Waals surface area (Å²) in [6.07, 6.45) is 3.69. The van der Waals surface area contributed by atoms with Crippen LogP contribution in [0.1, 0.15) is 17.3 Å². The fourth-order valence-electron chi connectivity index (χ4n) is 3.32. The number of amides is 2. The summed E-state index contributed by atoms with van der Waals surface area (Å²) >= 11 is 0. The lowest BCUT2D eigenvalue weighted by Crippen LogP contribution is -2.33. The fraction of sp³-hybridized carbons (Fsp3) is 0.130. The van der Waals surface area contributed by atoms with E-state index in [1.165, 1.54) is 24.4 Å². The van der Waals surface area contributed by atoms with Crippen LogP contribution >= 0.6 is 0 Å². The first-order valence-electron chi connectivity index (χ1n) is 9.88. The molecule has 0 radical (unpaired) electrons. The third-order valence-electron chi connectivity index (χ3n) is 4.91. The normalized spacial score (nSPS) is 11.1. The zero-order valence-corrected chi connectivity index (χ0v) is 17.4. The second-order valence-electron chi connectivity index (χ2n) is 7.18. The van der Waals surface area contributed by atoms with Gasteiger partial charge in [-0.15, -0.1) is 0 Å². The molecule has 0 saturated carbocycles. The van der Waals surface area contributed by atoms with Gasteiger partial charge in [-0.1, -0.05) is 6.07 Å². The van der Waals surface area contributed by atoms with E-state index in [1.54, 1.807) is 41.2 Å². The van der Waals surface area contributed by atoms with E-state index >= 15 is 0 Å². The molecule has 3 aromatic heterocycles. The van der Waals surface area contributed by atoms with Gasteiger partial charge in [-0.2, -0.15) is 0 Å². The minimum atomic E-state index is -2.80. The predicted molar refractivity (Wildman–Crippen MR) is 117 cm³/mol. The van der Waals surface area contributed by atoms with E-state index in [2.05, 4.69) is 15.3 Å². The summed E-state index contributed by atoms with van der Waals surface area (Å²) in [6, 6.07) is 10.4. The molecule has 0 aliphatic carbocycles. The van der Waals surface area contributed by atoms with E-state index in [1.807, 2.05) is 0 Å². The second kappa shape index (κ2) is 9.11. The van der Waals surface area contributed by atoms with Crippen LogP contribution in [0.25, 0.3) is 16.9 Å². The summed E-state index contributed by atoms with van der Waals surface area (Å²) in [6.45, 7) is 0.190. The average molecular weight is 453 g/mol. The molecule has 4 aromatic rings. The third-order valence-corrected chi connectivity index (χ3v) is 4.91. The van der Waals surface area contributed by atoms with Crippen molar-refractivity contribution in [2.45, 2.75) is 13.3 Å². The molecule has 0 aliphatic rings. The molecule has 0 aliphatic heterocycles. The molecule has 0 atom stereocenters. The standard InChI is InChI=1S/C23H18F3N5O2/c1-14(32)31(13-21(25)26)20-6-3-15(10-18(20)24)19-5-2-16(11-28-19)23(33)29-17-4-7-22-27-8-9-30(22)12-17/h2-12,21H,13H2,1H3,(H,29,33). The number of nitrogens with zero attached hydrogens (tertiary/aromatic N) is 4. The van der Waals surface area contributed by atoms with Crippen molar-refractivity contribution in [1.82, 2.24) is 14.4 Å². The number of alkyl halides is 2. The summed E-state index contributed by atoms with van der Waals surface area (Å²) in [4.78, 5) is 33.2. The van der Waals surface area contributed by atoms with Crippen molar-refractivity contribution in [1.29, 1.82) is 0 Å². The molecular formula is C23H18F3N5O2. The van der Waals surface area contributed by atoms with E-state index < -0.39 is 24.7 Å². The molecule has 168 valence electrons. The van der Waals surface area contributed by atoms with Gasteiger partial charge in [0.25, 0.3) is 12.3 Å². The number of aromatic nitrogens is 3. The van der Waals surface area contributed by atoms with Gasteiger partial charge < -0.3 is 14.6 Å². The second-order valence-corrected chi connectivity index (χ2v) is 7.18. The zero-order chi connectivity index (χ0) is 23.5. The molecule has 0 bridgehead atoms. The van der Waals surface area contributed by atoms with Gasteiger partial charge in [-0.05, 0) is 36.4 Å². The molecule has 1 N–H and O–H groups in total. The number of imidazole rings is 1. The molecule has 3 heterocycles. The van der Waals surface area contributed by atoms with Crippen molar-refractivity contribution in [2.75, 3.05) is 16.8 Å². The fourth-order valence-corrected chi connectivity index (χ4v) is 3.32. The first kappa shape index (κ1) is 22.0. The van der Waals surface area contributed by atoms with Crippen molar-refractivity contribution in [3.05, 3.63) is 78.6 Å². The maximum Gasteiger partial charge on any atom is 0.257 e. The van der Waals surface area contributed by atoms with Gasteiger partial charge >= 0.3 is 0 Å². The van der Waals surface area contributed by atoms with Gasteiger partial charge in [0, 0.05) is 37.3 Å². The van der Waals surface area contributed by atoms with E-state index in [-0.39, 0.29) is 11.6 Å². The Morgan fingerprint density at radius 3 is 2.61 bits per heavy atom. The molecule has 0 unspecified atom stereocenters. The molecule has 0 fully saturated rings. The van der Waals surface area contributed by atoms with Crippen molar-refractivity contribution < 1.29 is 22.8 Å². The molecular weight excluding hydrogens is 435 g/mol. The molecule has 0 spiro atoms. The number of nitrogens with one attached hydrogen (secondary N) is 1. The highest BCUT2D eigenvalue weighted by molar-refractivity contribution is 6.04. The highest BCUT2D eigenvalue weighted by Gasteiger charge is 2.20. The Morgan fingerprint density at radius 1 is 1.12 bits per heavy atom. The van der Waals surface area contributed by atoms with Crippen LogP contribution in [0.2, 0.25) is 0 Å². The monoisotopic (exact) mass is 453 g/mol. The Hall–Kier alpha value is -4.21. The smallest absolute Gasteiger partial charge is 0.257 e. The van der Waals surface area contributed by atoms with Crippen LogP contribution in [0, 0.1) is 5.82 Å². The van der Waals surface area contributed by atoms with Crippen molar-refractivity contribution in [3.63, 3.8) is 0 Å². The van der Waals surface area contributed by atoms with Gasteiger partial charge in [0.15, 0.2) is 0 Å². The number of pyridine rings is 2. The Morgan fingerprint density at radius 2 is 1.94 bits per heavy atom. The number of hydrogen-bond donors (Lipinski definition) is 1. The third kappa shape index (κ3) is 4.84. The van der Waals surface area contributed by atoms with Crippen molar-refractivity contribution >= 4 is 28.8 Å². The maximum atomic E-state index is 14.6. The van der Waals surface area contributed by atoms with Crippen molar-refractivity contribution in [2.24, 2.45) is 0 Å². The lowest BCUT2D eigenvalue weighted by molar-refractivity contribution is -0.117. The number of anilines is 2. The number of benzene rings is 1. The first-order valence-corrected chi connectivity index (χ1v) is 9.88. The van der Waals surface area contributed by atoms with Gasteiger partial charge in [0.2, 0.25) is 5.91 Å². The largest absolute Gasteiger partial charge is 0.321 e. The number of fused-ring (bicyclic) bond motifs is 1. The lowest BCUT2D eigenvalue weighted by Gasteiger charge is -2.21. The Labute approximate surface area is 186 Å². The topological polar surface area (TPSA) is 79.6 Å². The maximum absolute atomic E-state index is 14.6. The lowest BCUT2D eigenvalue weighted by atomic mass is 10.1. The number of halogens is 3. The average Bonchev–Trinajstić information content (AvgIpc) is 3.25. The van der Waals surface area contributed by atoms with Crippen LogP contribution < -0.4 is 10.2 Å². The summed E-state index contributed by atoms with van der Waals surface area (Å²) in [5.41, 5.74) is 2.12. The highest BCUT2D eigenvalue weighted by Crippen LogP contribution is 2.26.